The topological polar surface area (TPSA) is 16.6 Å². The van der Waals surface area contributed by atoms with Gasteiger partial charge in [0.15, 0.2) is 0 Å². The van der Waals surface area contributed by atoms with Crippen LogP contribution in [0.1, 0.15) is 24.4 Å². The molecule has 0 amide bonds. The minimum absolute atomic E-state index is 0.255. The van der Waals surface area contributed by atoms with Gasteiger partial charge in [0.1, 0.15) is 17.7 Å². The normalized spacial score (nSPS) is 22.2. The predicted octanol–water partition coefficient (Wildman–Crippen LogP) is 1.36. The summed E-state index contributed by atoms with van der Waals surface area (Å²) in [6.07, 6.45) is 2.14. The zero-order valence-corrected chi connectivity index (χ0v) is 7.26. The third-order valence-electron chi connectivity index (χ3n) is 2.48. The van der Waals surface area contributed by atoms with Gasteiger partial charge < -0.3 is 5.32 Å². The molecule has 1 aromatic rings. The highest BCUT2D eigenvalue weighted by atomic mass is 19.1. The number of halogens is 2. The summed E-state index contributed by atoms with van der Waals surface area (Å²) in [4.78, 5) is 0. The summed E-state index contributed by atoms with van der Waals surface area (Å²) in [7, 11) is 0. The van der Waals surface area contributed by atoms with E-state index in [4.69, 9.17) is 0 Å². The van der Waals surface area contributed by atoms with Crippen LogP contribution in [0.25, 0.3) is 0 Å². The molecule has 0 unspecified atom stereocenters. The van der Waals surface area contributed by atoms with Gasteiger partial charge in [-0.2, -0.15) is 0 Å². The van der Waals surface area contributed by atoms with Crippen LogP contribution in [0.15, 0.2) is 18.2 Å². The van der Waals surface area contributed by atoms with Crippen molar-refractivity contribution in [3.05, 3.63) is 35.4 Å². The van der Waals surface area contributed by atoms with Crippen molar-refractivity contribution >= 4 is 0 Å². The average Bonchev–Trinajstić information content (AvgIpc) is 2.53. The minimum Gasteiger partial charge on any atom is -0.340 e. The molecule has 1 heterocycles. The van der Waals surface area contributed by atoms with Crippen molar-refractivity contribution in [2.45, 2.75) is 18.9 Å². The molecule has 1 nitrogen and oxygen atoms in total. The Labute approximate surface area is 75.8 Å². The molecule has 0 aromatic heterocycles. The standard InChI is InChI=1S/C10H11F2N/c11-8-4-7(5-9(12)6-8)10-2-1-3-13-10/h4-6,10,13H,1-3H2/p+1/t10-/m0/s1. The van der Waals surface area contributed by atoms with Gasteiger partial charge in [-0.1, -0.05) is 0 Å². The monoisotopic (exact) mass is 184 g/mol. The Balaban J connectivity index is 2.28. The lowest BCUT2D eigenvalue weighted by atomic mass is 10.1. The van der Waals surface area contributed by atoms with Crippen molar-refractivity contribution in [2.75, 3.05) is 6.54 Å². The molecule has 0 aliphatic carbocycles. The number of rotatable bonds is 1. The fourth-order valence-corrected chi connectivity index (χ4v) is 1.87. The number of quaternary nitrogens is 1. The van der Waals surface area contributed by atoms with E-state index in [1.54, 1.807) is 0 Å². The van der Waals surface area contributed by atoms with Crippen molar-refractivity contribution in [2.24, 2.45) is 0 Å². The number of hydrogen-bond donors (Lipinski definition) is 1. The SMILES string of the molecule is Fc1cc(F)cc([C@@H]2CCC[NH2+]2)c1. The molecule has 1 aromatic carbocycles. The molecule has 0 radical (unpaired) electrons. The van der Waals surface area contributed by atoms with Crippen molar-refractivity contribution < 1.29 is 14.1 Å². The highest BCUT2D eigenvalue weighted by molar-refractivity contribution is 5.20. The lowest BCUT2D eigenvalue weighted by Gasteiger charge is -2.07. The molecule has 1 aliphatic rings. The van der Waals surface area contributed by atoms with Gasteiger partial charge in [-0.05, 0) is 12.1 Å². The van der Waals surface area contributed by atoms with Crippen molar-refractivity contribution in [1.82, 2.24) is 0 Å². The van der Waals surface area contributed by atoms with Gasteiger partial charge in [0.05, 0.1) is 6.54 Å². The zero-order chi connectivity index (χ0) is 9.26. The maximum atomic E-state index is 12.8. The quantitative estimate of drug-likeness (QED) is 0.678. The number of hydrogen-bond acceptors (Lipinski definition) is 0. The molecule has 2 rings (SSSR count). The molecule has 70 valence electrons. The molecule has 1 fully saturated rings. The van der Waals surface area contributed by atoms with Crippen LogP contribution >= 0.6 is 0 Å². The van der Waals surface area contributed by atoms with E-state index in [0.717, 1.165) is 31.0 Å². The highest BCUT2D eigenvalue weighted by Crippen LogP contribution is 2.19. The van der Waals surface area contributed by atoms with E-state index in [1.165, 1.54) is 12.1 Å². The fourth-order valence-electron chi connectivity index (χ4n) is 1.87. The maximum Gasteiger partial charge on any atom is 0.126 e. The first-order chi connectivity index (χ1) is 6.25. The van der Waals surface area contributed by atoms with E-state index >= 15 is 0 Å². The molecule has 1 atom stereocenters. The van der Waals surface area contributed by atoms with E-state index in [2.05, 4.69) is 5.32 Å². The van der Waals surface area contributed by atoms with Gasteiger partial charge in [-0.25, -0.2) is 8.78 Å². The Kier molecular flexibility index (Phi) is 2.27. The Morgan fingerprint density at radius 3 is 2.38 bits per heavy atom. The van der Waals surface area contributed by atoms with Crippen LogP contribution in [0, 0.1) is 11.6 Å². The van der Waals surface area contributed by atoms with Crippen molar-refractivity contribution in [3.8, 4) is 0 Å². The molecule has 1 aliphatic heterocycles. The predicted molar refractivity (Wildman–Crippen MR) is 45.1 cm³/mol. The molecule has 2 N–H and O–H groups in total. The van der Waals surface area contributed by atoms with Gasteiger partial charge in [-0.15, -0.1) is 0 Å². The summed E-state index contributed by atoms with van der Waals surface area (Å²) < 4.78 is 25.7. The molecule has 3 heteroatoms. The smallest absolute Gasteiger partial charge is 0.126 e. The first-order valence-corrected chi connectivity index (χ1v) is 4.55. The van der Waals surface area contributed by atoms with Gasteiger partial charge in [-0.3, -0.25) is 0 Å². The summed E-state index contributed by atoms with van der Waals surface area (Å²) in [6.45, 7) is 1.06. The van der Waals surface area contributed by atoms with Crippen LogP contribution in [-0.4, -0.2) is 6.54 Å². The number of benzene rings is 1. The van der Waals surface area contributed by atoms with Crippen molar-refractivity contribution in [1.29, 1.82) is 0 Å². The highest BCUT2D eigenvalue weighted by Gasteiger charge is 2.21. The van der Waals surface area contributed by atoms with Gasteiger partial charge in [0, 0.05) is 24.5 Å². The second-order valence-corrected chi connectivity index (χ2v) is 3.48. The second kappa shape index (κ2) is 3.42. The van der Waals surface area contributed by atoms with E-state index in [0.29, 0.717) is 0 Å². The second-order valence-electron chi connectivity index (χ2n) is 3.48. The minimum atomic E-state index is -0.477. The van der Waals surface area contributed by atoms with Gasteiger partial charge in [0.25, 0.3) is 0 Å². The van der Waals surface area contributed by atoms with Crippen LogP contribution in [0.4, 0.5) is 8.78 Å². The Morgan fingerprint density at radius 2 is 1.85 bits per heavy atom. The van der Waals surface area contributed by atoms with E-state index in [-0.39, 0.29) is 6.04 Å². The van der Waals surface area contributed by atoms with E-state index in [9.17, 15) is 8.78 Å². The molecule has 0 bridgehead atoms. The van der Waals surface area contributed by atoms with Crippen LogP contribution < -0.4 is 5.32 Å². The van der Waals surface area contributed by atoms with Gasteiger partial charge in [0.2, 0.25) is 0 Å². The maximum absolute atomic E-state index is 12.8. The third-order valence-corrected chi connectivity index (χ3v) is 2.48. The zero-order valence-electron chi connectivity index (χ0n) is 7.26. The summed E-state index contributed by atoms with van der Waals surface area (Å²) >= 11 is 0. The van der Waals surface area contributed by atoms with E-state index in [1.807, 2.05) is 0 Å². The number of nitrogens with two attached hydrogens (primary N) is 1. The molecular formula is C10H12F2N+. The Morgan fingerprint density at radius 1 is 1.15 bits per heavy atom. The molecule has 13 heavy (non-hydrogen) atoms. The van der Waals surface area contributed by atoms with Crippen molar-refractivity contribution in [3.63, 3.8) is 0 Å². The first kappa shape index (κ1) is 8.63. The largest absolute Gasteiger partial charge is 0.340 e. The molecule has 1 saturated heterocycles. The molecule has 0 spiro atoms. The average molecular weight is 184 g/mol. The van der Waals surface area contributed by atoms with Gasteiger partial charge >= 0.3 is 0 Å². The van der Waals surface area contributed by atoms with Crippen LogP contribution in [0.5, 0.6) is 0 Å². The third kappa shape index (κ3) is 1.86. The lowest BCUT2D eigenvalue weighted by Crippen LogP contribution is -2.81. The molecule has 0 saturated carbocycles. The summed E-state index contributed by atoms with van der Waals surface area (Å²) in [5.74, 6) is -0.953. The van der Waals surface area contributed by atoms with Crippen LogP contribution in [-0.2, 0) is 0 Å². The molecular weight excluding hydrogens is 172 g/mol. The Hall–Kier alpha value is -0.960. The summed E-state index contributed by atoms with van der Waals surface area (Å²) in [5, 5.41) is 2.13. The van der Waals surface area contributed by atoms with Crippen LogP contribution in [0.2, 0.25) is 0 Å². The summed E-state index contributed by atoms with van der Waals surface area (Å²) in [5.41, 5.74) is 0.773. The summed E-state index contributed by atoms with van der Waals surface area (Å²) in [6, 6.07) is 4.02. The van der Waals surface area contributed by atoms with E-state index < -0.39 is 11.6 Å². The fraction of sp³-hybridized carbons (Fsp3) is 0.400. The Bertz CT molecular complexity index is 286. The van der Waals surface area contributed by atoms with Crippen LogP contribution in [0.3, 0.4) is 0 Å². The first-order valence-electron chi connectivity index (χ1n) is 4.55. The lowest BCUT2D eigenvalue weighted by molar-refractivity contribution is -0.676.